The van der Waals surface area contributed by atoms with Crippen molar-refractivity contribution in [3.8, 4) is 0 Å². The van der Waals surface area contributed by atoms with E-state index < -0.39 is 6.04 Å². The molecule has 4 aromatic rings. The monoisotopic (exact) mass is 454 g/mol. The highest BCUT2D eigenvalue weighted by molar-refractivity contribution is 5.89. The number of carbonyl (C=O) groups excluding carboxylic acids is 2. The summed E-state index contributed by atoms with van der Waals surface area (Å²) in [6, 6.07) is 21.6. The predicted octanol–water partition coefficient (Wildman–Crippen LogP) is 4.08. The molecule has 0 fully saturated rings. The number of fused-ring (bicyclic) bond motifs is 1. The van der Waals surface area contributed by atoms with E-state index >= 15 is 0 Å². The molecular weight excluding hydrogens is 424 g/mol. The van der Waals surface area contributed by atoms with E-state index in [1.165, 1.54) is 0 Å². The number of amides is 2. The van der Waals surface area contributed by atoms with Crippen LogP contribution < -0.4 is 10.6 Å². The Morgan fingerprint density at radius 3 is 2.47 bits per heavy atom. The summed E-state index contributed by atoms with van der Waals surface area (Å²) in [7, 11) is 0. The summed E-state index contributed by atoms with van der Waals surface area (Å²) in [6.07, 6.45) is 5.69. The Labute approximate surface area is 200 Å². The number of imidazole rings is 1. The molecule has 0 aliphatic rings. The van der Waals surface area contributed by atoms with Crippen molar-refractivity contribution in [2.45, 2.75) is 39.4 Å². The van der Waals surface area contributed by atoms with Gasteiger partial charge in [-0.05, 0) is 33.4 Å². The van der Waals surface area contributed by atoms with E-state index in [0.29, 0.717) is 6.54 Å². The summed E-state index contributed by atoms with van der Waals surface area (Å²) in [6.45, 7) is 5.00. The first-order valence-electron chi connectivity index (χ1n) is 11.6. The zero-order chi connectivity index (χ0) is 23.9. The van der Waals surface area contributed by atoms with Crippen molar-refractivity contribution in [1.82, 2.24) is 20.2 Å². The fourth-order valence-corrected chi connectivity index (χ4v) is 4.02. The Balaban J connectivity index is 1.34. The van der Waals surface area contributed by atoms with Crippen LogP contribution in [-0.2, 0) is 29.1 Å². The number of aromatic nitrogens is 2. The van der Waals surface area contributed by atoms with Crippen LogP contribution >= 0.6 is 0 Å². The zero-order valence-corrected chi connectivity index (χ0v) is 19.6. The Kier molecular flexibility index (Phi) is 7.38. The zero-order valence-electron chi connectivity index (χ0n) is 19.6. The molecule has 34 heavy (non-hydrogen) atoms. The van der Waals surface area contributed by atoms with Crippen LogP contribution in [0.2, 0.25) is 0 Å². The lowest BCUT2D eigenvalue weighted by molar-refractivity contribution is -0.129. The largest absolute Gasteiger partial charge is 0.350 e. The number of hydrogen-bond acceptors (Lipinski definition) is 3. The molecule has 2 amide bonds. The van der Waals surface area contributed by atoms with Crippen LogP contribution in [0.5, 0.6) is 0 Å². The van der Waals surface area contributed by atoms with E-state index in [0.717, 1.165) is 34.0 Å². The SMILES string of the molecule is CC(C)C(NC(=O)Cc1ccc2ccccc2c1)C(=O)NCc1cccc(Cn2ccnc2)c1. The molecule has 0 aliphatic heterocycles. The Morgan fingerprint density at radius 1 is 0.912 bits per heavy atom. The van der Waals surface area contributed by atoms with Gasteiger partial charge in [0.15, 0.2) is 0 Å². The van der Waals surface area contributed by atoms with Crippen LogP contribution in [0.4, 0.5) is 0 Å². The second-order valence-electron chi connectivity index (χ2n) is 8.92. The summed E-state index contributed by atoms with van der Waals surface area (Å²) in [5, 5.41) is 8.15. The van der Waals surface area contributed by atoms with E-state index in [2.05, 4.69) is 27.8 Å². The van der Waals surface area contributed by atoms with Crippen LogP contribution in [0, 0.1) is 5.92 Å². The lowest BCUT2D eigenvalue weighted by Crippen LogP contribution is -2.49. The average Bonchev–Trinajstić information content (AvgIpc) is 3.34. The number of hydrogen-bond donors (Lipinski definition) is 2. The van der Waals surface area contributed by atoms with Gasteiger partial charge in [0.25, 0.3) is 0 Å². The topological polar surface area (TPSA) is 76.0 Å². The molecule has 0 saturated carbocycles. The first-order valence-corrected chi connectivity index (χ1v) is 11.6. The molecule has 0 saturated heterocycles. The molecule has 1 atom stereocenters. The van der Waals surface area contributed by atoms with Gasteiger partial charge in [0, 0.05) is 25.5 Å². The highest BCUT2D eigenvalue weighted by Crippen LogP contribution is 2.16. The Bertz CT molecular complexity index is 1260. The molecule has 174 valence electrons. The van der Waals surface area contributed by atoms with Crippen LogP contribution in [0.15, 0.2) is 85.5 Å². The maximum Gasteiger partial charge on any atom is 0.243 e. The molecule has 0 radical (unpaired) electrons. The van der Waals surface area contributed by atoms with Crippen LogP contribution in [0.3, 0.4) is 0 Å². The highest BCUT2D eigenvalue weighted by Gasteiger charge is 2.24. The van der Waals surface area contributed by atoms with E-state index in [1.807, 2.05) is 79.2 Å². The summed E-state index contributed by atoms with van der Waals surface area (Å²) < 4.78 is 2.00. The van der Waals surface area contributed by atoms with Gasteiger partial charge in [-0.25, -0.2) is 4.98 Å². The third kappa shape index (κ3) is 6.10. The lowest BCUT2D eigenvalue weighted by Gasteiger charge is -2.22. The molecule has 3 aromatic carbocycles. The third-order valence-corrected chi connectivity index (χ3v) is 5.83. The molecule has 6 nitrogen and oxygen atoms in total. The van der Waals surface area contributed by atoms with E-state index in [4.69, 9.17) is 0 Å². The van der Waals surface area contributed by atoms with Crippen LogP contribution in [0.25, 0.3) is 10.8 Å². The fraction of sp³-hybridized carbons (Fsp3) is 0.250. The maximum atomic E-state index is 12.9. The van der Waals surface area contributed by atoms with Crippen molar-refractivity contribution in [1.29, 1.82) is 0 Å². The van der Waals surface area contributed by atoms with Crippen molar-refractivity contribution in [2.75, 3.05) is 0 Å². The van der Waals surface area contributed by atoms with Crippen molar-refractivity contribution >= 4 is 22.6 Å². The van der Waals surface area contributed by atoms with E-state index in [1.54, 1.807) is 12.5 Å². The number of carbonyl (C=O) groups is 2. The Morgan fingerprint density at radius 2 is 1.71 bits per heavy atom. The lowest BCUT2D eigenvalue weighted by atomic mass is 10.0. The number of rotatable bonds is 9. The van der Waals surface area contributed by atoms with Crippen molar-refractivity contribution in [3.05, 3.63) is 102 Å². The maximum absolute atomic E-state index is 12.9. The minimum atomic E-state index is -0.595. The van der Waals surface area contributed by atoms with Crippen LogP contribution in [0.1, 0.15) is 30.5 Å². The molecule has 1 unspecified atom stereocenters. The summed E-state index contributed by atoms with van der Waals surface area (Å²) in [5.74, 6) is -0.374. The molecule has 6 heteroatoms. The molecule has 1 aromatic heterocycles. The van der Waals surface area contributed by atoms with Gasteiger partial charge in [-0.3, -0.25) is 9.59 Å². The Hall–Kier alpha value is -3.93. The minimum Gasteiger partial charge on any atom is -0.350 e. The van der Waals surface area contributed by atoms with Gasteiger partial charge < -0.3 is 15.2 Å². The smallest absolute Gasteiger partial charge is 0.243 e. The van der Waals surface area contributed by atoms with Crippen molar-refractivity contribution in [3.63, 3.8) is 0 Å². The second-order valence-corrected chi connectivity index (χ2v) is 8.92. The predicted molar refractivity (Wildman–Crippen MR) is 134 cm³/mol. The van der Waals surface area contributed by atoms with Crippen molar-refractivity contribution < 1.29 is 9.59 Å². The molecule has 0 aliphatic carbocycles. The summed E-state index contributed by atoms with van der Waals surface area (Å²) in [4.78, 5) is 29.7. The van der Waals surface area contributed by atoms with Gasteiger partial charge in [0.2, 0.25) is 11.8 Å². The standard InChI is InChI=1S/C28H30N4O2/c1-20(2)27(31-26(33)16-21-10-11-24-8-3-4-9-25(24)15-21)28(34)30-17-22-6-5-7-23(14-22)18-32-13-12-29-19-32/h3-15,19-20,27H,16-18H2,1-2H3,(H,30,34)(H,31,33). The summed E-state index contributed by atoms with van der Waals surface area (Å²) >= 11 is 0. The van der Waals surface area contributed by atoms with Gasteiger partial charge >= 0.3 is 0 Å². The molecular formula is C28H30N4O2. The number of nitrogens with zero attached hydrogens (tertiary/aromatic N) is 2. The molecule has 2 N–H and O–H groups in total. The van der Waals surface area contributed by atoms with Crippen LogP contribution in [-0.4, -0.2) is 27.4 Å². The average molecular weight is 455 g/mol. The second kappa shape index (κ2) is 10.8. The molecule has 1 heterocycles. The summed E-state index contributed by atoms with van der Waals surface area (Å²) in [5.41, 5.74) is 3.07. The number of benzene rings is 3. The van der Waals surface area contributed by atoms with Gasteiger partial charge in [-0.1, -0.05) is 80.6 Å². The first kappa shape index (κ1) is 23.2. The van der Waals surface area contributed by atoms with Gasteiger partial charge in [0.1, 0.15) is 6.04 Å². The number of nitrogens with one attached hydrogen (secondary N) is 2. The molecule has 4 rings (SSSR count). The van der Waals surface area contributed by atoms with Crippen molar-refractivity contribution in [2.24, 2.45) is 5.92 Å². The van der Waals surface area contributed by atoms with Gasteiger partial charge in [-0.2, -0.15) is 0 Å². The minimum absolute atomic E-state index is 0.0341. The fourth-order valence-electron chi connectivity index (χ4n) is 4.02. The van der Waals surface area contributed by atoms with E-state index in [-0.39, 0.29) is 24.2 Å². The normalized spacial score (nSPS) is 12.0. The highest BCUT2D eigenvalue weighted by atomic mass is 16.2. The molecule has 0 bridgehead atoms. The molecule has 0 spiro atoms. The third-order valence-electron chi connectivity index (χ3n) is 5.83. The first-order chi connectivity index (χ1) is 16.5. The van der Waals surface area contributed by atoms with Gasteiger partial charge in [-0.15, -0.1) is 0 Å². The van der Waals surface area contributed by atoms with Gasteiger partial charge in [0.05, 0.1) is 12.7 Å². The van der Waals surface area contributed by atoms with E-state index in [9.17, 15) is 9.59 Å². The quantitative estimate of drug-likeness (QED) is 0.400.